The molecule has 0 spiro atoms. The molecule has 0 atom stereocenters. The fourth-order valence-corrected chi connectivity index (χ4v) is 4.60. The smallest absolute Gasteiger partial charge is 0.0485 e. The Morgan fingerprint density at radius 3 is 2.08 bits per heavy atom. The van der Waals surface area contributed by atoms with Gasteiger partial charge in [0.2, 0.25) is 0 Å². The first-order valence-electron chi connectivity index (χ1n) is 8.71. The van der Waals surface area contributed by atoms with Crippen LogP contribution in [0.15, 0.2) is 97.1 Å². The SMILES string of the molecule is c1ccc(Nc2cc(-c3ccccc3)cc3sc4ccccc4c23)cc1. The largest absolute Gasteiger partial charge is 0.355 e. The molecule has 0 radical (unpaired) electrons. The van der Waals surface area contributed by atoms with Crippen molar-refractivity contribution in [3.8, 4) is 11.1 Å². The van der Waals surface area contributed by atoms with Crippen molar-refractivity contribution >= 4 is 42.9 Å². The van der Waals surface area contributed by atoms with Crippen LogP contribution in [0.25, 0.3) is 31.3 Å². The molecule has 124 valence electrons. The van der Waals surface area contributed by atoms with Gasteiger partial charge in [0.05, 0.1) is 0 Å². The molecule has 1 N–H and O–H groups in total. The van der Waals surface area contributed by atoms with E-state index in [2.05, 4.69) is 96.3 Å². The van der Waals surface area contributed by atoms with Gasteiger partial charge in [-0.15, -0.1) is 11.3 Å². The second-order valence-electron chi connectivity index (χ2n) is 6.35. The van der Waals surface area contributed by atoms with E-state index in [1.165, 1.54) is 31.3 Å². The van der Waals surface area contributed by atoms with Gasteiger partial charge in [0.1, 0.15) is 0 Å². The van der Waals surface area contributed by atoms with Crippen LogP contribution in [0.2, 0.25) is 0 Å². The number of hydrogen-bond donors (Lipinski definition) is 1. The third-order valence-corrected chi connectivity index (χ3v) is 5.76. The fraction of sp³-hybridized carbons (Fsp3) is 0. The Balaban J connectivity index is 1.78. The minimum atomic E-state index is 1.11. The van der Waals surface area contributed by atoms with Gasteiger partial charge in [-0.05, 0) is 41.5 Å². The van der Waals surface area contributed by atoms with Crippen LogP contribution in [-0.4, -0.2) is 0 Å². The predicted octanol–water partition coefficient (Wildman–Crippen LogP) is 7.47. The maximum Gasteiger partial charge on any atom is 0.0485 e. The lowest BCUT2D eigenvalue weighted by atomic mass is 10.0. The van der Waals surface area contributed by atoms with Crippen LogP contribution in [0.4, 0.5) is 11.4 Å². The predicted molar refractivity (Wildman–Crippen MR) is 114 cm³/mol. The van der Waals surface area contributed by atoms with Crippen LogP contribution in [0.1, 0.15) is 0 Å². The molecule has 0 saturated carbocycles. The second-order valence-corrected chi connectivity index (χ2v) is 7.44. The number of nitrogens with one attached hydrogen (secondary N) is 1. The number of fused-ring (bicyclic) bond motifs is 3. The number of thiophene rings is 1. The van der Waals surface area contributed by atoms with E-state index in [0.717, 1.165) is 11.4 Å². The van der Waals surface area contributed by atoms with E-state index in [4.69, 9.17) is 0 Å². The van der Waals surface area contributed by atoms with Gasteiger partial charge in [-0.3, -0.25) is 0 Å². The first-order chi connectivity index (χ1) is 12.9. The summed E-state index contributed by atoms with van der Waals surface area (Å²) in [5.74, 6) is 0. The minimum absolute atomic E-state index is 1.11. The van der Waals surface area contributed by atoms with Gasteiger partial charge in [0.15, 0.2) is 0 Å². The monoisotopic (exact) mass is 351 g/mol. The highest BCUT2D eigenvalue weighted by molar-refractivity contribution is 7.26. The summed E-state index contributed by atoms with van der Waals surface area (Å²) in [6.07, 6.45) is 0. The summed E-state index contributed by atoms with van der Waals surface area (Å²) in [5.41, 5.74) is 4.74. The lowest BCUT2D eigenvalue weighted by molar-refractivity contribution is 1.58. The van der Waals surface area contributed by atoms with Crippen LogP contribution < -0.4 is 5.32 Å². The average molecular weight is 351 g/mol. The van der Waals surface area contributed by atoms with Gasteiger partial charge in [-0.25, -0.2) is 0 Å². The molecule has 0 saturated heterocycles. The molecule has 1 nitrogen and oxygen atoms in total. The number of benzene rings is 4. The molecule has 0 bridgehead atoms. The molecule has 26 heavy (non-hydrogen) atoms. The molecule has 0 fully saturated rings. The maximum atomic E-state index is 3.64. The topological polar surface area (TPSA) is 12.0 Å². The van der Waals surface area contributed by atoms with E-state index in [9.17, 15) is 0 Å². The molecular formula is C24H17NS. The Morgan fingerprint density at radius 2 is 1.27 bits per heavy atom. The summed E-state index contributed by atoms with van der Waals surface area (Å²) in [4.78, 5) is 0. The first kappa shape index (κ1) is 15.2. The second kappa shape index (κ2) is 6.32. The van der Waals surface area contributed by atoms with E-state index >= 15 is 0 Å². The molecular weight excluding hydrogens is 334 g/mol. The third-order valence-electron chi connectivity index (χ3n) is 4.64. The fourth-order valence-electron chi connectivity index (χ4n) is 3.43. The van der Waals surface area contributed by atoms with Gasteiger partial charge in [0, 0.05) is 31.5 Å². The van der Waals surface area contributed by atoms with Crippen molar-refractivity contribution in [1.29, 1.82) is 0 Å². The zero-order valence-corrected chi connectivity index (χ0v) is 15.0. The molecule has 0 aliphatic carbocycles. The molecule has 1 heterocycles. The standard InChI is InChI=1S/C24H17NS/c1-3-9-17(10-4-1)18-15-21(25-19-11-5-2-6-12-19)24-20-13-7-8-14-22(20)26-23(24)16-18/h1-16,25H. The minimum Gasteiger partial charge on any atom is -0.355 e. The number of rotatable bonds is 3. The summed E-state index contributed by atoms with van der Waals surface area (Å²) >= 11 is 1.86. The molecule has 2 heteroatoms. The van der Waals surface area contributed by atoms with Gasteiger partial charge in [-0.2, -0.15) is 0 Å². The van der Waals surface area contributed by atoms with E-state index in [1.807, 2.05) is 17.4 Å². The highest BCUT2D eigenvalue weighted by atomic mass is 32.1. The summed E-state index contributed by atoms with van der Waals surface area (Å²) in [7, 11) is 0. The van der Waals surface area contributed by atoms with Gasteiger partial charge < -0.3 is 5.32 Å². The first-order valence-corrected chi connectivity index (χ1v) is 9.53. The lowest BCUT2D eigenvalue weighted by Gasteiger charge is -2.11. The third kappa shape index (κ3) is 2.65. The van der Waals surface area contributed by atoms with Crippen LogP contribution in [0.3, 0.4) is 0 Å². The van der Waals surface area contributed by atoms with Gasteiger partial charge in [0.25, 0.3) is 0 Å². The highest BCUT2D eigenvalue weighted by Gasteiger charge is 2.12. The van der Waals surface area contributed by atoms with Crippen molar-refractivity contribution in [2.45, 2.75) is 0 Å². The van der Waals surface area contributed by atoms with Crippen LogP contribution in [0.5, 0.6) is 0 Å². The van der Waals surface area contributed by atoms with Crippen LogP contribution in [0, 0.1) is 0 Å². The Hall–Kier alpha value is -3.10. The summed E-state index contributed by atoms with van der Waals surface area (Å²) in [6, 6.07) is 34.2. The van der Waals surface area contributed by atoms with Crippen molar-refractivity contribution in [3.05, 3.63) is 97.1 Å². The van der Waals surface area contributed by atoms with E-state index in [-0.39, 0.29) is 0 Å². The molecule has 5 aromatic rings. The summed E-state index contributed by atoms with van der Waals surface area (Å²) in [5, 5.41) is 6.25. The van der Waals surface area contributed by atoms with Crippen molar-refractivity contribution in [2.75, 3.05) is 5.32 Å². The van der Waals surface area contributed by atoms with Crippen LogP contribution >= 0.6 is 11.3 Å². The number of hydrogen-bond acceptors (Lipinski definition) is 2. The quantitative estimate of drug-likeness (QED) is 0.355. The van der Waals surface area contributed by atoms with E-state index in [0.29, 0.717) is 0 Å². The van der Waals surface area contributed by atoms with Crippen molar-refractivity contribution in [2.24, 2.45) is 0 Å². The molecule has 0 amide bonds. The molecule has 0 unspecified atom stereocenters. The molecule has 0 aliphatic rings. The Labute approximate surface area is 156 Å². The Kier molecular flexibility index (Phi) is 3.69. The van der Waals surface area contributed by atoms with Crippen molar-refractivity contribution in [1.82, 2.24) is 0 Å². The van der Waals surface area contributed by atoms with E-state index < -0.39 is 0 Å². The molecule has 5 rings (SSSR count). The summed E-state index contributed by atoms with van der Waals surface area (Å²) in [6.45, 7) is 0. The summed E-state index contributed by atoms with van der Waals surface area (Å²) < 4.78 is 2.63. The highest BCUT2D eigenvalue weighted by Crippen LogP contribution is 2.41. The van der Waals surface area contributed by atoms with Gasteiger partial charge >= 0.3 is 0 Å². The molecule has 0 aliphatic heterocycles. The average Bonchev–Trinajstić information content (AvgIpc) is 3.08. The number of para-hydroxylation sites is 1. The maximum absolute atomic E-state index is 3.64. The molecule has 4 aromatic carbocycles. The normalized spacial score (nSPS) is 11.1. The number of anilines is 2. The zero-order chi connectivity index (χ0) is 17.3. The van der Waals surface area contributed by atoms with Crippen LogP contribution in [-0.2, 0) is 0 Å². The Bertz CT molecular complexity index is 1190. The van der Waals surface area contributed by atoms with E-state index in [1.54, 1.807) is 0 Å². The van der Waals surface area contributed by atoms with Crippen molar-refractivity contribution < 1.29 is 0 Å². The zero-order valence-electron chi connectivity index (χ0n) is 14.1. The van der Waals surface area contributed by atoms with Crippen molar-refractivity contribution in [3.63, 3.8) is 0 Å². The lowest BCUT2D eigenvalue weighted by Crippen LogP contribution is -1.91. The Morgan fingerprint density at radius 1 is 0.577 bits per heavy atom. The molecule has 1 aromatic heterocycles. The van der Waals surface area contributed by atoms with Gasteiger partial charge in [-0.1, -0.05) is 66.7 Å².